The van der Waals surface area contributed by atoms with Crippen molar-refractivity contribution in [3.8, 4) is 5.75 Å². The first-order valence-corrected chi connectivity index (χ1v) is 9.71. The zero-order valence-corrected chi connectivity index (χ0v) is 16.6. The smallest absolute Gasteiger partial charge is 0.273 e. The summed E-state index contributed by atoms with van der Waals surface area (Å²) < 4.78 is 33.5. The van der Waals surface area contributed by atoms with Gasteiger partial charge in [-0.25, -0.2) is 8.78 Å². The first-order chi connectivity index (χ1) is 13.5. The molecule has 0 aliphatic carbocycles. The number of nitrogens with one attached hydrogen (secondary N) is 1. The summed E-state index contributed by atoms with van der Waals surface area (Å²) in [6.07, 6.45) is -2.71. The average Bonchev–Trinajstić information content (AvgIpc) is 3.06. The molecule has 2 aromatic carbocycles. The molecular weight excluding hydrogens is 382 g/mol. The van der Waals surface area contributed by atoms with Crippen molar-refractivity contribution < 1.29 is 18.3 Å². The van der Waals surface area contributed by atoms with E-state index < -0.39 is 12.3 Å². The summed E-state index contributed by atoms with van der Waals surface area (Å²) in [5.74, 6) is 0.0564. The van der Waals surface area contributed by atoms with Crippen LogP contribution in [0.3, 0.4) is 0 Å². The van der Waals surface area contributed by atoms with E-state index in [4.69, 9.17) is 4.74 Å². The Balaban J connectivity index is 1.86. The Morgan fingerprint density at radius 3 is 2.61 bits per heavy atom. The molecule has 0 aliphatic rings. The molecule has 0 atom stereocenters. The number of amides is 1. The Kier molecular flexibility index (Phi) is 6.59. The second-order valence-electron chi connectivity index (χ2n) is 6.63. The number of likely N-dealkylation sites (N-methyl/N-ethyl adjacent to an activating group) is 1. The van der Waals surface area contributed by atoms with Crippen LogP contribution in [0.2, 0.25) is 0 Å². The Hall–Kier alpha value is -2.51. The number of carbonyl (C=O) groups excluding carboxylic acids is 1. The van der Waals surface area contributed by atoms with E-state index in [1.165, 1.54) is 0 Å². The van der Waals surface area contributed by atoms with E-state index in [1.54, 1.807) is 18.2 Å². The largest absolute Gasteiger partial charge is 0.489 e. The van der Waals surface area contributed by atoms with Crippen molar-refractivity contribution in [2.45, 2.75) is 13.0 Å². The highest BCUT2D eigenvalue weighted by atomic mass is 32.1. The molecule has 0 aliphatic heterocycles. The second kappa shape index (κ2) is 9.12. The number of halogens is 2. The topological polar surface area (TPSA) is 41.6 Å². The van der Waals surface area contributed by atoms with Crippen LogP contribution < -0.4 is 10.1 Å². The monoisotopic (exact) mass is 404 g/mol. The summed E-state index contributed by atoms with van der Waals surface area (Å²) in [5, 5.41) is 3.23. The van der Waals surface area contributed by atoms with Crippen molar-refractivity contribution in [3.05, 3.63) is 64.5 Å². The third kappa shape index (κ3) is 4.85. The number of hydrogen-bond donors (Lipinski definition) is 1. The van der Waals surface area contributed by atoms with E-state index in [0.29, 0.717) is 35.5 Å². The van der Waals surface area contributed by atoms with E-state index in [2.05, 4.69) is 5.32 Å². The summed E-state index contributed by atoms with van der Waals surface area (Å²) in [6.45, 7) is 1.38. The van der Waals surface area contributed by atoms with Gasteiger partial charge in [0, 0.05) is 23.2 Å². The third-order valence-electron chi connectivity index (χ3n) is 4.20. The number of rotatable bonds is 8. The summed E-state index contributed by atoms with van der Waals surface area (Å²) >= 11 is 0.946. The molecular formula is C21H22F2N2O2S. The van der Waals surface area contributed by atoms with E-state index in [-0.39, 0.29) is 10.4 Å². The maximum absolute atomic E-state index is 13.5. The molecule has 3 rings (SSSR count). The van der Waals surface area contributed by atoms with E-state index in [9.17, 15) is 13.6 Å². The van der Waals surface area contributed by atoms with Crippen LogP contribution in [0.25, 0.3) is 10.1 Å². The Morgan fingerprint density at radius 1 is 1.18 bits per heavy atom. The van der Waals surface area contributed by atoms with Crippen LogP contribution in [0.4, 0.5) is 8.78 Å². The first-order valence-electron chi connectivity index (χ1n) is 8.90. The van der Waals surface area contributed by atoms with Crippen LogP contribution in [0.1, 0.15) is 27.2 Å². The van der Waals surface area contributed by atoms with Crippen molar-refractivity contribution in [1.82, 2.24) is 10.2 Å². The van der Waals surface area contributed by atoms with E-state index in [0.717, 1.165) is 16.9 Å². The number of fused-ring (bicyclic) bond motifs is 1. The summed E-state index contributed by atoms with van der Waals surface area (Å²) in [6, 6.07) is 14.8. The fourth-order valence-electron chi connectivity index (χ4n) is 2.80. The number of benzene rings is 2. The van der Waals surface area contributed by atoms with Crippen LogP contribution >= 0.6 is 11.3 Å². The van der Waals surface area contributed by atoms with Gasteiger partial charge in [0.25, 0.3) is 12.3 Å². The van der Waals surface area contributed by atoms with Gasteiger partial charge >= 0.3 is 0 Å². The third-order valence-corrected chi connectivity index (χ3v) is 5.38. The number of alkyl halides is 2. The predicted molar refractivity (Wildman–Crippen MR) is 108 cm³/mol. The lowest BCUT2D eigenvalue weighted by molar-refractivity contribution is 0.0942. The molecule has 0 spiro atoms. The molecule has 148 valence electrons. The molecule has 0 saturated carbocycles. The molecule has 1 aromatic heterocycles. The summed E-state index contributed by atoms with van der Waals surface area (Å²) in [7, 11) is 3.76. The van der Waals surface area contributed by atoms with E-state index >= 15 is 0 Å². The van der Waals surface area contributed by atoms with Crippen LogP contribution in [0.5, 0.6) is 5.75 Å². The number of carbonyl (C=O) groups is 1. The van der Waals surface area contributed by atoms with Crippen molar-refractivity contribution in [2.24, 2.45) is 0 Å². The van der Waals surface area contributed by atoms with Gasteiger partial charge in [0.1, 0.15) is 12.4 Å². The van der Waals surface area contributed by atoms with Gasteiger partial charge < -0.3 is 15.0 Å². The molecule has 7 heteroatoms. The summed E-state index contributed by atoms with van der Waals surface area (Å²) in [4.78, 5) is 14.3. The van der Waals surface area contributed by atoms with Crippen LogP contribution in [-0.2, 0) is 6.61 Å². The van der Waals surface area contributed by atoms with Crippen molar-refractivity contribution in [1.29, 1.82) is 0 Å². The second-order valence-corrected chi connectivity index (χ2v) is 7.72. The Bertz CT molecular complexity index is 942. The number of thiophene rings is 1. The highest BCUT2D eigenvalue weighted by molar-refractivity contribution is 7.19. The fourth-order valence-corrected chi connectivity index (χ4v) is 3.83. The highest BCUT2D eigenvalue weighted by Crippen LogP contribution is 2.39. The predicted octanol–water partition coefficient (Wildman–Crippen LogP) is 4.71. The number of ether oxygens (including phenoxy) is 1. The van der Waals surface area contributed by atoms with Gasteiger partial charge in [-0.2, -0.15) is 0 Å². The van der Waals surface area contributed by atoms with Gasteiger partial charge in [-0.1, -0.05) is 30.3 Å². The molecule has 1 heterocycles. The molecule has 0 bridgehead atoms. The SMILES string of the molecule is CN(C)CCNC(=O)c1c(C(F)F)sc2ccc(OCc3ccccc3)cc12. The molecule has 0 saturated heterocycles. The Labute approximate surface area is 166 Å². The Morgan fingerprint density at radius 2 is 1.93 bits per heavy atom. The quantitative estimate of drug-likeness (QED) is 0.591. The zero-order valence-electron chi connectivity index (χ0n) is 15.7. The molecule has 3 aromatic rings. The number of hydrogen-bond acceptors (Lipinski definition) is 4. The van der Waals surface area contributed by atoms with Crippen molar-refractivity contribution >= 4 is 27.3 Å². The van der Waals surface area contributed by atoms with Crippen molar-refractivity contribution in [3.63, 3.8) is 0 Å². The average molecular weight is 404 g/mol. The minimum absolute atomic E-state index is 0.0407. The molecule has 0 radical (unpaired) electrons. The molecule has 0 fully saturated rings. The van der Waals surface area contributed by atoms with Crippen LogP contribution in [0.15, 0.2) is 48.5 Å². The lowest BCUT2D eigenvalue weighted by Gasteiger charge is -2.11. The zero-order chi connectivity index (χ0) is 20.1. The molecule has 28 heavy (non-hydrogen) atoms. The maximum atomic E-state index is 13.5. The highest BCUT2D eigenvalue weighted by Gasteiger charge is 2.25. The number of nitrogens with zero attached hydrogens (tertiary/aromatic N) is 1. The fraction of sp³-hybridized carbons (Fsp3) is 0.286. The maximum Gasteiger partial charge on any atom is 0.273 e. The molecule has 1 amide bonds. The minimum Gasteiger partial charge on any atom is -0.489 e. The van der Waals surface area contributed by atoms with Gasteiger partial charge in [-0.05, 0) is 37.9 Å². The van der Waals surface area contributed by atoms with Gasteiger partial charge in [-0.3, -0.25) is 4.79 Å². The van der Waals surface area contributed by atoms with Gasteiger partial charge in [-0.15, -0.1) is 11.3 Å². The molecule has 1 N–H and O–H groups in total. The standard InChI is InChI=1S/C21H22F2N2O2S/c1-25(2)11-10-24-21(26)18-16-12-15(27-13-14-6-4-3-5-7-14)8-9-17(16)28-19(18)20(22)23/h3-9,12,20H,10-11,13H2,1-2H3,(H,24,26). The van der Waals surface area contributed by atoms with Crippen LogP contribution in [-0.4, -0.2) is 38.0 Å². The van der Waals surface area contributed by atoms with Crippen molar-refractivity contribution in [2.75, 3.05) is 27.2 Å². The lowest BCUT2D eigenvalue weighted by atomic mass is 10.1. The first kappa shape index (κ1) is 20.2. The normalized spacial score (nSPS) is 11.4. The van der Waals surface area contributed by atoms with E-state index in [1.807, 2.05) is 49.3 Å². The minimum atomic E-state index is -2.71. The van der Waals surface area contributed by atoms with Gasteiger partial charge in [0.15, 0.2) is 0 Å². The van der Waals surface area contributed by atoms with Gasteiger partial charge in [0.05, 0.1) is 10.4 Å². The molecule has 4 nitrogen and oxygen atoms in total. The van der Waals surface area contributed by atoms with Gasteiger partial charge in [0.2, 0.25) is 0 Å². The summed E-state index contributed by atoms with van der Waals surface area (Å²) in [5.41, 5.74) is 1.04. The lowest BCUT2D eigenvalue weighted by Crippen LogP contribution is -2.31. The van der Waals surface area contributed by atoms with Crippen LogP contribution in [0, 0.1) is 0 Å². The molecule has 0 unspecified atom stereocenters.